The molecule has 1 aromatic carbocycles. The monoisotopic (exact) mass is 272 g/mol. The zero-order chi connectivity index (χ0) is 14.9. The summed E-state index contributed by atoms with van der Waals surface area (Å²) in [5.74, 6) is 0.349. The van der Waals surface area contributed by atoms with Crippen LogP contribution < -0.4 is 16.0 Å². The van der Waals surface area contributed by atoms with Crippen LogP contribution in [0, 0.1) is 0 Å². The Kier molecular flexibility index (Phi) is 3.79. The lowest BCUT2D eigenvalue weighted by Gasteiger charge is -2.24. The number of hydrogen-bond donors (Lipinski definition) is 2. The standard InChI is InChI=1S/C15H20N4O/c1-9-13(10(2)20)14(18-15(16)17-9)11-5-7-12(8-6-11)19(3)4/h5-8,14H,1-4H3,(H3,16,17,18)/t14-/m0/s1. The highest BCUT2D eigenvalue weighted by atomic mass is 16.1. The first-order chi connectivity index (χ1) is 9.40. The fourth-order valence-electron chi connectivity index (χ4n) is 2.35. The Balaban J connectivity index is 2.42. The number of carbonyl (C=O) groups is 1. The Morgan fingerprint density at radius 1 is 1.30 bits per heavy atom. The fourth-order valence-corrected chi connectivity index (χ4v) is 2.35. The predicted octanol–water partition coefficient (Wildman–Crippen LogP) is 1.57. The third kappa shape index (κ3) is 2.66. The van der Waals surface area contributed by atoms with Gasteiger partial charge in [0, 0.05) is 31.1 Å². The molecule has 1 aliphatic rings. The number of nitrogens with one attached hydrogen (secondary N) is 1. The number of Topliss-reactive ketones (excluding diaryl/α,β-unsaturated/α-hetero) is 1. The number of ketones is 1. The summed E-state index contributed by atoms with van der Waals surface area (Å²) in [4.78, 5) is 18.3. The van der Waals surface area contributed by atoms with Crippen molar-refractivity contribution in [3.8, 4) is 0 Å². The van der Waals surface area contributed by atoms with E-state index >= 15 is 0 Å². The minimum atomic E-state index is -0.329. The lowest BCUT2D eigenvalue weighted by Crippen LogP contribution is -2.36. The molecule has 0 radical (unpaired) electrons. The zero-order valence-electron chi connectivity index (χ0n) is 12.3. The first kappa shape index (κ1) is 14.1. The third-order valence-electron chi connectivity index (χ3n) is 3.37. The van der Waals surface area contributed by atoms with Crippen molar-refractivity contribution in [2.24, 2.45) is 10.7 Å². The molecule has 0 spiro atoms. The normalized spacial score (nSPS) is 18.4. The fraction of sp³-hybridized carbons (Fsp3) is 0.333. The van der Waals surface area contributed by atoms with Crippen LogP contribution >= 0.6 is 0 Å². The molecule has 2 rings (SSSR count). The summed E-state index contributed by atoms with van der Waals surface area (Å²) >= 11 is 0. The number of rotatable bonds is 3. The Hall–Kier alpha value is -2.30. The molecule has 106 valence electrons. The Labute approximate surface area is 119 Å². The van der Waals surface area contributed by atoms with Crippen LogP contribution in [0.1, 0.15) is 25.5 Å². The lowest BCUT2D eigenvalue weighted by molar-refractivity contribution is -0.113. The van der Waals surface area contributed by atoms with E-state index in [2.05, 4.69) is 10.3 Å². The molecule has 5 heteroatoms. The van der Waals surface area contributed by atoms with Gasteiger partial charge in [0.1, 0.15) is 6.04 Å². The van der Waals surface area contributed by atoms with Crippen LogP contribution in [0.4, 0.5) is 5.69 Å². The molecule has 0 amide bonds. The summed E-state index contributed by atoms with van der Waals surface area (Å²) in [5, 5.41) is 2.92. The number of nitrogens with zero attached hydrogens (tertiary/aromatic N) is 2. The van der Waals surface area contributed by atoms with Gasteiger partial charge in [-0.15, -0.1) is 0 Å². The van der Waals surface area contributed by atoms with Crippen molar-refractivity contribution in [2.75, 3.05) is 19.0 Å². The average molecular weight is 272 g/mol. The van der Waals surface area contributed by atoms with E-state index in [0.29, 0.717) is 11.5 Å². The number of carbonyl (C=O) groups excluding carboxylic acids is 1. The van der Waals surface area contributed by atoms with Crippen LogP contribution in [-0.2, 0) is 4.79 Å². The van der Waals surface area contributed by atoms with E-state index in [-0.39, 0.29) is 11.8 Å². The van der Waals surface area contributed by atoms with Crippen molar-refractivity contribution >= 4 is 17.4 Å². The topological polar surface area (TPSA) is 70.7 Å². The van der Waals surface area contributed by atoms with Crippen LogP contribution in [0.2, 0.25) is 0 Å². The Morgan fingerprint density at radius 2 is 1.90 bits per heavy atom. The summed E-state index contributed by atoms with van der Waals surface area (Å²) in [7, 11) is 3.97. The molecule has 0 saturated carbocycles. The summed E-state index contributed by atoms with van der Waals surface area (Å²) in [6.07, 6.45) is 0. The second-order valence-electron chi connectivity index (χ2n) is 5.12. The number of guanidine groups is 1. The Morgan fingerprint density at radius 3 is 2.40 bits per heavy atom. The van der Waals surface area contributed by atoms with E-state index in [4.69, 9.17) is 5.73 Å². The van der Waals surface area contributed by atoms with E-state index in [9.17, 15) is 4.79 Å². The van der Waals surface area contributed by atoms with Crippen molar-refractivity contribution in [2.45, 2.75) is 19.9 Å². The molecule has 3 N–H and O–H groups in total. The van der Waals surface area contributed by atoms with Gasteiger partial charge in [-0.05, 0) is 31.5 Å². The van der Waals surface area contributed by atoms with Gasteiger partial charge >= 0.3 is 0 Å². The van der Waals surface area contributed by atoms with Gasteiger partial charge in [-0.1, -0.05) is 12.1 Å². The second-order valence-corrected chi connectivity index (χ2v) is 5.12. The van der Waals surface area contributed by atoms with Gasteiger partial charge < -0.3 is 16.0 Å². The van der Waals surface area contributed by atoms with Gasteiger partial charge in [-0.3, -0.25) is 4.79 Å². The first-order valence-corrected chi connectivity index (χ1v) is 6.49. The SMILES string of the molecule is CC(=O)C1=C(C)NC(N)=N[C@H]1c1ccc(N(C)C)cc1. The molecule has 0 aromatic heterocycles. The molecule has 1 heterocycles. The number of anilines is 1. The van der Waals surface area contributed by atoms with E-state index in [1.807, 2.05) is 50.2 Å². The van der Waals surface area contributed by atoms with E-state index < -0.39 is 0 Å². The summed E-state index contributed by atoms with van der Waals surface area (Å²) in [6.45, 7) is 3.40. The number of allylic oxidation sites excluding steroid dienone is 1. The molecular formula is C15H20N4O. The third-order valence-corrected chi connectivity index (χ3v) is 3.37. The van der Waals surface area contributed by atoms with Crippen LogP contribution in [0.3, 0.4) is 0 Å². The van der Waals surface area contributed by atoms with Crippen LogP contribution in [0.15, 0.2) is 40.5 Å². The van der Waals surface area contributed by atoms with Gasteiger partial charge in [0.05, 0.1) is 0 Å². The molecule has 0 saturated heterocycles. The highest BCUT2D eigenvalue weighted by Crippen LogP contribution is 2.31. The molecule has 20 heavy (non-hydrogen) atoms. The van der Waals surface area contributed by atoms with Crippen molar-refractivity contribution in [1.82, 2.24) is 5.32 Å². The minimum absolute atomic E-state index is 0.00735. The van der Waals surface area contributed by atoms with Crippen molar-refractivity contribution in [3.63, 3.8) is 0 Å². The van der Waals surface area contributed by atoms with Gasteiger partial charge in [0.15, 0.2) is 11.7 Å². The number of benzene rings is 1. The number of nitrogens with two attached hydrogens (primary N) is 1. The maximum absolute atomic E-state index is 11.9. The van der Waals surface area contributed by atoms with Crippen LogP contribution in [0.25, 0.3) is 0 Å². The van der Waals surface area contributed by atoms with Crippen LogP contribution in [-0.4, -0.2) is 25.8 Å². The molecule has 1 atom stereocenters. The zero-order valence-corrected chi connectivity index (χ0v) is 12.3. The molecule has 1 aromatic rings. The molecule has 0 unspecified atom stereocenters. The van der Waals surface area contributed by atoms with Gasteiger partial charge in [-0.2, -0.15) is 0 Å². The highest BCUT2D eigenvalue weighted by molar-refractivity contribution is 5.98. The maximum Gasteiger partial charge on any atom is 0.193 e. The van der Waals surface area contributed by atoms with E-state index in [0.717, 1.165) is 16.9 Å². The number of aliphatic imine (C=N–C) groups is 1. The summed E-state index contributed by atoms with van der Waals surface area (Å²) in [5.41, 5.74) is 9.28. The molecule has 0 fully saturated rings. The predicted molar refractivity (Wildman–Crippen MR) is 81.6 cm³/mol. The maximum atomic E-state index is 11.9. The smallest absolute Gasteiger partial charge is 0.193 e. The summed E-state index contributed by atoms with van der Waals surface area (Å²) < 4.78 is 0. The van der Waals surface area contributed by atoms with Crippen LogP contribution in [0.5, 0.6) is 0 Å². The molecular weight excluding hydrogens is 252 g/mol. The second kappa shape index (κ2) is 5.36. The Bertz CT molecular complexity index is 584. The molecule has 1 aliphatic heterocycles. The van der Waals surface area contributed by atoms with E-state index in [1.54, 1.807) is 6.92 Å². The molecule has 0 aliphatic carbocycles. The largest absolute Gasteiger partial charge is 0.378 e. The van der Waals surface area contributed by atoms with Crippen molar-refractivity contribution < 1.29 is 4.79 Å². The van der Waals surface area contributed by atoms with E-state index in [1.165, 1.54) is 0 Å². The van der Waals surface area contributed by atoms with Crippen molar-refractivity contribution in [3.05, 3.63) is 41.1 Å². The lowest BCUT2D eigenvalue weighted by atomic mass is 9.93. The van der Waals surface area contributed by atoms with Crippen molar-refractivity contribution in [1.29, 1.82) is 0 Å². The minimum Gasteiger partial charge on any atom is -0.378 e. The van der Waals surface area contributed by atoms with Gasteiger partial charge in [-0.25, -0.2) is 4.99 Å². The first-order valence-electron chi connectivity index (χ1n) is 6.49. The van der Waals surface area contributed by atoms with Gasteiger partial charge in [0.25, 0.3) is 0 Å². The highest BCUT2D eigenvalue weighted by Gasteiger charge is 2.26. The summed E-state index contributed by atoms with van der Waals surface area (Å²) in [6, 6.07) is 7.66. The molecule has 5 nitrogen and oxygen atoms in total. The van der Waals surface area contributed by atoms with Gasteiger partial charge in [0.2, 0.25) is 0 Å². The number of hydrogen-bond acceptors (Lipinski definition) is 5. The average Bonchev–Trinajstić information content (AvgIpc) is 2.37. The molecule has 0 bridgehead atoms. The quantitative estimate of drug-likeness (QED) is 0.876.